The molecule has 1 unspecified atom stereocenters. The molecule has 1 rings (SSSR count). The van der Waals surface area contributed by atoms with Crippen molar-refractivity contribution in [2.45, 2.75) is 32.4 Å². The molecule has 0 aliphatic heterocycles. The van der Waals surface area contributed by atoms with Crippen molar-refractivity contribution in [3.05, 3.63) is 29.6 Å². The van der Waals surface area contributed by atoms with Gasteiger partial charge >= 0.3 is 0 Å². The molecule has 0 bridgehead atoms. The molecule has 0 aliphatic rings. The highest BCUT2D eigenvalue weighted by atomic mass is 32.2. The van der Waals surface area contributed by atoms with Gasteiger partial charge in [0.1, 0.15) is 11.6 Å². The number of sulfonamides is 1. The fourth-order valence-corrected chi connectivity index (χ4v) is 3.24. The first kappa shape index (κ1) is 17.9. The lowest BCUT2D eigenvalue weighted by Gasteiger charge is -2.28. The second kappa shape index (κ2) is 6.72. The van der Waals surface area contributed by atoms with Crippen molar-refractivity contribution in [1.29, 1.82) is 0 Å². The number of methoxy groups -OCH3 is 1. The molecule has 0 aliphatic carbocycles. The first-order chi connectivity index (χ1) is 9.56. The zero-order valence-corrected chi connectivity index (χ0v) is 13.8. The summed E-state index contributed by atoms with van der Waals surface area (Å²) in [5.41, 5.74) is -0.254. The summed E-state index contributed by atoms with van der Waals surface area (Å²) in [6, 6.07) is 4.33. The van der Waals surface area contributed by atoms with Gasteiger partial charge < -0.3 is 10.1 Å². The molecular weight excluding hydrogens is 295 g/mol. The predicted octanol–water partition coefficient (Wildman–Crippen LogP) is 1.81. The molecule has 0 aromatic heterocycles. The minimum absolute atomic E-state index is 0.318. The van der Waals surface area contributed by atoms with Gasteiger partial charge in [0.25, 0.3) is 0 Å². The average molecular weight is 318 g/mol. The summed E-state index contributed by atoms with van der Waals surface area (Å²) < 4.78 is 44.2. The molecule has 0 radical (unpaired) electrons. The van der Waals surface area contributed by atoms with Gasteiger partial charge in [-0.3, -0.25) is 0 Å². The fraction of sp³-hybridized carbons (Fsp3) is 0.571. The smallest absolute Gasteiger partial charge is 0.209 e. The first-order valence-corrected chi connectivity index (χ1v) is 8.49. The van der Waals surface area contributed by atoms with E-state index in [1.165, 1.54) is 13.2 Å². The van der Waals surface area contributed by atoms with Crippen molar-refractivity contribution in [1.82, 2.24) is 10.0 Å². The third-order valence-corrected chi connectivity index (χ3v) is 3.90. The number of rotatable bonds is 7. The Balaban J connectivity index is 2.81. The molecule has 21 heavy (non-hydrogen) atoms. The summed E-state index contributed by atoms with van der Waals surface area (Å²) in [6.45, 7) is 5.66. The van der Waals surface area contributed by atoms with Crippen molar-refractivity contribution in [3.63, 3.8) is 0 Å². The first-order valence-electron chi connectivity index (χ1n) is 6.60. The molecule has 0 saturated carbocycles. The fourth-order valence-electron chi connectivity index (χ4n) is 2.16. The molecule has 2 N–H and O–H groups in total. The van der Waals surface area contributed by atoms with Gasteiger partial charge in [0.2, 0.25) is 10.0 Å². The van der Waals surface area contributed by atoms with Crippen molar-refractivity contribution in [2.75, 3.05) is 19.9 Å². The summed E-state index contributed by atoms with van der Waals surface area (Å²) in [5.74, 6) is 0.104. The topological polar surface area (TPSA) is 67.4 Å². The zero-order valence-electron chi connectivity index (χ0n) is 13.0. The van der Waals surface area contributed by atoms with Crippen LogP contribution in [-0.2, 0) is 10.0 Å². The zero-order chi connectivity index (χ0) is 16.3. The summed E-state index contributed by atoms with van der Waals surface area (Å²) >= 11 is 0. The summed E-state index contributed by atoms with van der Waals surface area (Å²) in [4.78, 5) is 0. The van der Waals surface area contributed by atoms with Crippen LogP contribution in [0.5, 0.6) is 5.75 Å². The van der Waals surface area contributed by atoms with Crippen molar-refractivity contribution < 1.29 is 17.5 Å². The number of hydrogen-bond acceptors (Lipinski definition) is 4. The third kappa shape index (κ3) is 5.61. The van der Waals surface area contributed by atoms with Gasteiger partial charge in [-0.1, -0.05) is 6.07 Å². The van der Waals surface area contributed by atoms with Gasteiger partial charge in [-0.15, -0.1) is 0 Å². The largest absolute Gasteiger partial charge is 0.496 e. The van der Waals surface area contributed by atoms with E-state index in [9.17, 15) is 12.8 Å². The van der Waals surface area contributed by atoms with E-state index >= 15 is 0 Å². The average Bonchev–Trinajstić information content (AvgIpc) is 2.32. The van der Waals surface area contributed by atoms with Crippen LogP contribution in [0.25, 0.3) is 0 Å². The molecule has 0 amide bonds. The molecule has 1 aromatic rings. The van der Waals surface area contributed by atoms with Crippen LogP contribution in [0.15, 0.2) is 18.2 Å². The van der Waals surface area contributed by atoms with Crippen LogP contribution in [0.4, 0.5) is 4.39 Å². The number of hydrogen-bond donors (Lipinski definition) is 2. The Bertz CT molecular complexity index is 588. The maximum absolute atomic E-state index is 13.9. The van der Waals surface area contributed by atoms with Crippen LogP contribution in [0.2, 0.25) is 0 Å². The molecule has 5 nitrogen and oxygen atoms in total. The Morgan fingerprint density at radius 1 is 1.38 bits per heavy atom. The van der Waals surface area contributed by atoms with E-state index in [1.54, 1.807) is 32.9 Å². The van der Waals surface area contributed by atoms with Crippen LogP contribution in [0.1, 0.15) is 32.4 Å². The molecule has 120 valence electrons. The monoisotopic (exact) mass is 318 g/mol. The van der Waals surface area contributed by atoms with E-state index < -0.39 is 15.6 Å². The van der Waals surface area contributed by atoms with Crippen LogP contribution < -0.4 is 14.8 Å². The van der Waals surface area contributed by atoms with Crippen LogP contribution in [0, 0.1) is 5.82 Å². The third-order valence-electron chi connectivity index (χ3n) is 2.98. The number of benzene rings is 1. The highest BCUT2D eigenvalue weighted by Gasteiger charge is 2.24. The quantitative estimate of drug-likeness (QED) is 0.805. The normalized spacial score (nSPS) is 14.0. The minimum atomic E-state index is -3.30. The maximum atomic E-state index is 13.9. The molecule has 1 aromatic carbocycles. The summed E-state index contributed by atoms with van der Waals surface area (Å²) in [7, 11) is -1.82. The van der Waals surface area contributed by atoms with Crippen molar-refractivity contribution in [2.24, 2.45) is 0 Å². The molecule has 0 heterocycles. The molecule has 0 fully saturated rings. The van der Waals surface area contributed by atoms with E-state index in [0.717, 1.165) is 6.26 Å². The highest BCUT2D eigenvalue weighted by molar-refractivity contribution is 7.88. The molecule has 7 heteroatoms. The summed E-state index contributed by atoms with van der Waals surface area (Å²) in [6.07, 6.45) is 1.11. The number of halogens is 1. The van der Waals surface area contributed by atoms with E-state index in [4.69, 9.17) is 4.74 Å². The second-order valence-corrected chi connectivity index (χ2v) is 7.46. The predicted molar refractivity (Wildman–Crippen MR) is 81.4 cm³/mol. The van der Waals surface area contributed by atoms with E-state index in [1.807, 2.05) is 0 Å². The van der Waals surface area contributed by atoms with Crippen molar-refractivity contribution >= 4 is 10.0 Å². The van der Waals surface area contributed by atoms with Gasteiger partial charge in [-0.2, -0.15) is 0 Å². The Labute approximate surface area is 125 Å². The highest BCUT2D eigenvalue weighted by Crippen LogP contribution is 2.27. The van der Waals surface area contributed by atoms with Crippen LogP contribution in [-0.4, -0.2) is 33.9 Å². The van der Waals surface area contributed by atoms with Gasteiger partial charge in [-0.05, 0) is 32.9 Å². The van der Waals surface area contributed by atoms with Crippen LogP contribution >= 0.6 is 0 Å². The van der Waals surface area contributed by atoms with Crippen LogP contribution in [0.3, 0.4) is 0 Å². The standard InChI is InChI=1S/C14H23FN2O3S/c1-10(13-11(15)7-6-8-12(13)20-4)16-9-14(2,3)17-21(5,18)19/h6-8,10,16-17H,9H2,1-5H3. The Kier molecular flexibility index (Phi) is 5.72. The molecule has 1 atom stereocenters. The van der Waals surface area contributed by atoms with E-state index in [-0.39, 0.29) is 11.9 Å². The van der Waals surface area contributed by atoms with Gasteiger partial charge in [0.15, 0.2) is 0 Å². The summed E-state index contributed by atoms with van der Waals surface area (Å²) in [5, 5.41) is 3.13. The Morgan fingerprint density at radius 3 is 2.52 bits per heavy atom. The lowest BCUT2D eigenvalue weighted by Crippen LogP contribution is -2.50. The SMILES string of the molecule is COc1cccc(F)c1C(C)NCC(C)(C)NS(C)(=O)=O. The van der Waals surface area contributed by atoms with Crippen molar-refractivity contribution in [3.8, 4) is 5.75 Å². The minimum Gasteiger partial charge on any atom is -0.496 e. The van der Waals surface area contributed by atoms with Gasteiger partial charge in [0, 0.05) is 23.7 Å². The number of ether oxygens (including phenoxy) is 1. The molecular formula is C14H23FN2O3S. The molecule has 0 spiro atoms. The van der Waals surface area contributed by atoms with E-state index in [0.29, 0.717) is 17.9 Å². The Hall–Kier alpha value is -1.18. The number of nitrogens with one attached hydrogen (secondary N) is 2. The van der Waals surface area contributed by atoms with E-state index in [2.05, 4.69) is 10.0 Å². The maximum Gasteiger partial charge on any atom is 0.209 e. The van der Waals surface area contributed by atoms with Gasteiger partial charge in [0.05, 0.1) is 13.4 Å². The van der Waals surface area contributed by atoms with Gasteiger partial charge in [-0.25, -0.2) is 17.5 Å². The second-order valence-electron chi connectivity index (χ2n) is 5.72. The lowest BCUT2D eigenvalue weighted by atomic mass is 10.0. The molecule has 0 saturated heterocycles. The Morgan fingerprint density at radius 2 is 2.00 bits per heavy atom. The lowest BCUT2D eigenvalue weighted by molar-refractivity contribution is 0.372.